The number of nitrogen functional groups attached to an aromatic ring is 1. The quantitative estimate of drug-likeness (QED) is 0.590. The zero-order valence-electron chi connectivity index (χ0n) is 10.7. The van der Waals surface area contributed by atoms with Crippen LogP contribution in [-0.2, 0) is 22.6 Å². The van der Waals surface area contributed by atoms with Crippen LogP contribution < -0.4 is 5.73 Å². The van der Waals surface area contributed by atoms with Crippen LogP contribution in [0.2, 0.25) is 0 Å². The van der Waals surface area contributed by atoms with Gasteiger partial charge < -0.3 is 10.5 Å². The topological polar surface area (TPSA) is 69.6 Å². The van der Waals surface area contributed by atoms with E-state index in [1.54, 1.807) is 23.5 Å². The van der Waals surface area contributed by atoms with Crippen molar-refractivity contribution in [1.82, 2.24) is 9.38 Å². The fourth-order valence-corrected chi connectivity index (χ4v) is 2.57. The first-order valence-corrected chi connectivity index (χ1v) is 7.00. The fourth-order valence-electron chi connectivity index (χ4n) is 1.85. The molecule has 3 aromatic rings. The highest BCUT2D eigenvalue weighted by molar-refractivity contribution is 7.15. The largest absolute Gasteiger partial charge is 0.459 e. The molecule has 3 rings (SSSR count). The van der Waals surface area contributed by atoms with Crippen molar-refractivity contribution < 1.29 is 9.53 Å². The van der Waals surface area contributed by atoms with Gasteiger partial charge >= 0.3 is 5.97 Å². The lowest BCUT2D eigenvalue weighted by Crippen LogP contribution is -2.08. The molecule has 0 saturated heterocycles. The normalized spacial score (nSPS) is 10.8. The lowest BCUT2D eigenvalue weighted by molar-refractivity contribution is -0.144. The number of aromatic nitrogens is 2. The summed E-state index contributed by atoms with van der Waals surface area (Å²) in [7, 11) is 0. The van der Waals surface area contributed by atoms with Crippen LogP contribution in [0.3, 0.4) is 0 Å². The molecule has 0 atom stereocenters. The maximum Gasteiger partial charge on any atom is 0.310 e. The lowest BCUT2D eigenvalue weighted by atomic mass is 10.1. The molecule has 102 valence electrons. The number of carbonyl (C=O) groups excluding carboxylic acids is 1. The molecule has 2 N–H and O–H groups in total. The number of rotatable bonds is 4. The molecule has 0 unspecified atom stereocenters. The Labute approximate surface area is 119 Å². The predicted octanol–water partition coefficient (Wildman–Crippen LogP) is 2.26. The van der Waals surface area contributed by atoms with Gasteiger partial charge in [0, 0.05) is 23.5 Å². The SMILES string of the molecule is Nc1ccc(CC(=O)OCc2cn3ccsc3n2)cc1. The van der Waals surface area contributed by atoms with Crippen molar-refractivity contribution in [1.29, 1.82) is 0 Å². The third-order valence-electron chi connectivity index (χ3n) is 2.85. The second-order valence-electron chi connectivity index (χ2n) is 4.40. The highest BCUT2D eigenvalue weighted by Crippen LogP contribution is 2.12. The maximum atomic E-state index is 11.7. The van der Waals surface area contributed by atoms with E-state index in [2.05, 4.69) is 4.98 Å². The van der Waals surface area contributed by atoms with Crippen molar-refractivity contribution in [2.75, 3.05) is 5.73 Å². The van der Waals surface area contributed by atoms with E-state index >= 15 is 0 Å². The summed E-state index contributed by atoms with van der Waals surface area (Å²) in [6.07, 6.45) is 4.03. The number of imidazole rings is 1. The van der Waals surface area contributed by atoms with Crippen LogP contribution >= 0.6 is 11.3 Å². The molecule has 0 spiro atoms. The minimum atomic E-state index is -0.272. The van der Waals surface area contributed by atoms with Crippen LogP contribution in [0.25, 0.3) is 4.96 Å². The van der Waals surface area contributed by atoms with Gasteiger partial charge in [0.05, 0.1) is 12.1 Å². The molecular weight excluding hydrogens is 274 g/mol. The van der Waals surface area contributed by atoms with Gasteiger partial charge in [-0.25, -0.2) is 4.98 Å². The molecule has 0 aliphatic rings. The van der Waals surface area contributed by atoms with Gasteiger partial charge in [0.1, 0.15) is 6.61 Å². The van der Waals surface area contributed by atoms with Gasteiger partial charge in [-0.2, -0.15) is 0 Å². The summed E-state index contributed by atoms with van der Waals surface area (Å²) in [6.45, 7) is 0.197. The van der Waals surface area contributed by atoms with Crippen LogP contribution in [0.5, 0.6) is 0 Å². The Balaban J connectivity index is 1.56. The van der Waals surface area contributed by atoms with Gasteiger partial charge in [0.15, 0.2) is 4.96 Å². The smallest absolute Gasteiger partial charge is 0.310 e. The number of hydrogen-bond donors (Lipinski definition) is 1. The highest BCUT2D eigenvalue weighted by atomic mass is 32.1. The zero-order chi connectivity index (χ0) is 13.9. The number of ether oxygens (including phenoxy) is 1. The predicted molar refractivity (Wildman–Crippen MR) is 77.4 cm³/mol. The number of thiazole rings is 1. The number of nitrogens with zero attached hydrogens (tertiary/aromatic N) is 2. The number of hydrogen-bond acceptors (Lipinski definition) is 5. The molecule has 0 aliphatic carbocycles. The Morgan fingerprint density at radius 1 is 1.35 bits per heavy atom. The molecule has 0 radical (unpaired) electrons. The summed E-state index contributed by atoms with van der Waals surface area (Å²) >= 11 is 1.55. The van der Waals surface area contributed by atoms with Crippen molar-refractivity contribution in [3.63, 3.8) is 0 Å². The molecule has 0 amide bonds. The number of fused-ring (bicyclic) bond motifs is 1. The summed E-state index contributed by atoms with van der Waals surface area (Å²) in [5.74, 6) is -0.272. The number of nitrogens with two attached hydrogens (primary N) is 1. The van der Waals surface area contributed by atoms with Crippen LogP contribution in [0.15, 0.2) is 42.0 Å². The molecule has 1 aromatic carbocycles. The second kappa shape index (κ2) is 5.34. The van der Waals surface area contributed by atoms with E-state index in [1.807, 2.05) is 34.3 Å². The van der Waals surface area contributed by atoms with Gasteiger partial charge in [-0.3, -0.25) is 9.20 Å². The van der Waals surface area contributed by atoms with Crippen LogP contribution in [0.1, 0.15) is 11.3 Å². The zero-order valence-corrected chi connectivity index (χ0v) is 11.5. The molecule has 0 bridgehead atoms. The van der Waals surface area contributed by atoms with E-state index in [1.165, 1.54) is 0 Å². The lowest BCUT2D eigenvalue weighted by Gasteiger charge is -2.03. The van der Waals surface area contributed by atoms with Gasteiger partial charge in [0.2, 0.25) is 0 Å². The molecule has 5 nitrogen and oxygen atoms in total. The average Bonchev–Trinajstić information content (AvgIpc) is 3.00. The van der Waals surface area contributed by atoms with E-state index in [0.29, 0.717) is 5.69 Å². The van der Waals surface area contributed by atoms with Gasteiger partial charge in [-0.15, -0.1) is 11.3 Å². The minimum absolute atomic E-state index is 0.197. The Morgan fingerprint density at radius 2 is 2.15 bits per heavy atom. The van der Waals surface area contributed by atoms with Gasteiger partial charge in [0.25, 0.3) is 0 Å². The van der Waals surface area contributed by atoms with Crippen LogP contribution in [-0.4, -0.2) is 15.4 Å². The van der Waals surface area contributed by atoms with Gasteiger partial charge in [-0.1, -0.05) is 12.1 Å². The Bertz CT molecular complexity index is 702. The van der Waals surface area contributed by atoms with Crippen molar-refractivity contribution in [2.24, 2.45) is 0 Å². The van der Waals surface area contributed by atoms with E-state index in [0.717, 1.165) is 16.2 Å². The van der Waals surface area contributed by atoms with Crippen LogP contribution in [0.4, 0.5) is 5.69 Å². The average molecular weight is 287 g/mol. The summed E-state index contributed by atoms with van der Waals surface area (Å²) in [5, 5.41) is 1.96. The van der Waals surface area contributed by atoms with Gasteiger partial charge in [-0.05, 0) is 17.7 Å². The third kappa shape index (κ3) is 2.80. The van der Waals surface area contributed by atoms with Crippen molar-refractivity contribution in [2.45, 2.75) is 13.0 Å². The van der Waals surface area contributed by atoms with Crippen molar-refractivity contribution >= 4 is 28.0 Å². The molecule has 2 aromatic heterocycles. The molecule has 6 heteroatoms. The molecule has 0 aliphatic heterocycles. The fraction of sp³-hybridized carbons (Fsp3) is 0.143. The monoisotopic (exact) mass is 287 g/mol. The van der Waals surface area contributed by atoms with E-state index < -0.39 is 0 Å². The van der Waals surface area contributed by atoms with Crippen LogP contribution in [0, 0.1) is 0 Å². The number of anilines is 1. The van der Waals surface area contributed by atoms with E-state index in [9.17, 15) is 4.79 Å². The third-order valence-corrected chi connectivity index (χ3v) is 3.62. The molecule has 0 fully saturated rings. The maximum absolute atomic E-state index is 11.7. The standard InChI is InChI=1S/C14H13N3O2S/c15-11-3-1-10(2-4-11)7-13(18)19-9-12-8-17-5-6-20-14(17)16-12/h1-6,8H,7,9,15H2. The number of esters is 1. The summed E-state index contributed by atoms with van der Waals surface area (Å²) in [4.78, 5) is 17.0. The Morgan fingerprint density at radius 3 is 2.90 bits per heavy atom. The molecule has 2 heterocycles. The first-order chi connectivity index (χ1) is 9.70. The van der Waals surface area contributed by atoms with Crippen molar-refractivity contribution in [3.05, 3.63) is 53.3 Å². The summed E-state index contributed by atoms with van der Waals surface area (Å²) in [5.41, 5.74) is 7.91. The summed E-state index contributed by atoms with van der Waals surface area (Å²) in [6, 6.07) is 7.19. The number of benzene rings is 1. The Kier molecular flexibility index (Phi) is 3.39. The molecule has 20 heavy (non-hydrogen) atoms. The molecule has 0 saturated carbocycles. The Hall–Kier alpha value is -2.34. The minimum Gasteiger partial charge on any atom is -0.459 e. The highest BCUT2D eigenvalue weighted by Gasteiger charge is 2.08. The van der Waals surface area contributed by atoms with E-state index in [-0.39, 0.29) is 19.0 Å². The second-order valence-corrected chi connectivity index (χ2v) is 5.28. The molecular formula is C14H13N3O2S. The van der Waals surface area contributed by atoms with Crippen molar-refractivity contribution in [3.8, 4) is 0 Å². The number of carbonyl (C=O) groups is 1. The van der Waals surface area contributed by atoms with E-state index in [4.69, 9.17) is 10.5 Å². The first kappa shape index (κ1) is 12.7. The first-order valence-electron chi connectivity index (χ1n) is 6.12. The summed E-state index contributed by atoms with van der Waals surface area (Å²) < 4.78 is 7.13.